The molecule has 0 atom stereocenters. The molecule has 2 rings (SSSR count). The predicted octanol–water partition coefficient (Wildman–Crippen LogP) is 2.67. The summed E-state index contributed by atoms with van der Waals surface area (Å²) in [5.41, 5.74) is 1.19. The van der Waals surface area contributed by atoms with E-state index in [4.69, 9.17) is 11.6 Å². The highest BCUT2D eigenvalue weighted by Gasteiger charge is 2.13. The van der Waals surface area contributed by atoms with Gasteiger partial charge in [0.05, 0.1) is 0 Å². The van der Waals surface area contributed by atoms with E-state index in [9.17, 15) is 0 Å². The second kappa shape index (κ2) is 9.48. The number of halogens is 2. The molecule has 1 aliphatic rings. The Morgan fingerprint density at radius 1 is 1.43 bits per heavy atom. The summed E-state index contributed by atoms with van der Waals surface area (Å²) in [5.74, 6) is 0.922. The summed E-state index contributed by atoms with van der Waals surface area (Å²) in [4.78, 5) is 8.88. The van der Waals surface area contributed by atoms with Gasteiger partial charge in [-0.25, -0.2) is 0 Å². The zero-order chi connectivity index (χ0) is 14.4. The highest BCUT2D eigenvalue weighted by molar-refractivity contribution is 14.0. The van der Waals surface area contributed by atoms with Crippen LogP contribution in [0.25, 0.3) is 0 Å². The normalized spacial score (nSPS) is 15.1. The van der Waals surface area contributed by atoms with Gasteiger partial charge in [-0.2, -0.15) is 0 Å². The van der Waals surface area contributed by atoms with Crippen molar-refractivity contribution in [1.29, 1.82) is 0 Å². The van der Waals surface area contributed by atoms with E-state index < -0.39 is 0 Å². The molecule has 1 fully saturated rings. The molecule has 1 N–H and O–H groups in total. The largest absolute Gasteiger partial charge is 0.355 e. The third kappa shape index (κ3) is 6.00. The zero-order valence-electron chi connectivity index (χ0n) is 12.7. The maximum Gasteiger partial charge on any atom is 0.193 e. The van der Waals surface area contributed by atoms with Crippen molar-refractivity contribution in [2.45, 2.75) is 13.0 Å². The van der Waals surface area contributed by atoms with Crippen LogP contribution in [0, 0.1) is 0 Å². The first kappa shape index (κ1) is 18.5. The fourth-order valence-electron chi connectivity index (χ4n) is 2.30. The van der Waals surface area contributed by atoms with Crippen LogP contribution in [-0.4, -0.2) is 56.0 Å². The van der Waals surface area contributed by atoms with Gasteiger partial charge in [-0.3, -0.25) is 4.99 Å². The highest BCUT2D eigenvalue weighted by Crippen LogP contribution is 2.12. The lowest BCUT2D eigenvalue weighted by atomic mass is 10.2. The van der Waals surface area contributed by atoms with Crippen molar-refractivity contribution in [3.05, 3.63) is 34.9 Å². The van der Waals surface area contributed by atoms with Crippen molar-refractivity contribution >= 4 is 41.5 Å². The molecule has 1 heterocycles. The number of rotatable bonds is 5. The molecule has 0 spiro atoms. The molecule has 118 valence electrons. The molecule has 1 aliphatic heterocycles. The van der Waals surface area contributed by atoms with Gasteiger partial charge in [0, 0.05) is 38.8 Å². The summed E-state index contributed by atoms with van der Waals surface area (Å²) in [6.07, 6.45) is 1.34. The summed E-state index contributed by atoms with van der Waals surface area (Å²) in [7, 11) is 3.86. The van der Waals surface area contributed by atoms with Crippen LogP contribution in [0.15, 0.2) is 29.3 Å². The maximum absolute atomic E-state index is 6.01. The van der Waals surface area contributed by atoms with Crippen molar-refractivity contribution in [3.8, 4) is 0 Å². The molecule has 21 heavy (non-hydrogen) atoms. The predicted molar refractivity (Wildman–Crippen MR) is 101 cm³/mol. The van der Waals surface area contributed by atoms with Crippen molar-refractivity contribution < 1.29 is 0 Å². The Bertz CT molecular complexity index is 463. The van der Waals surface area contributed by atoms with E-state index in [0.717, 1.165) is 30.6 Å². The fourth-order valence-corrected chi connectivity index (χ4v) is 2.51. The van der Waals surface area contributed by atoms with Crippen LogP contribution >= 0.6 is 35.6 Å². The van der Waals surface area contributed by atoms with Gasteiger partial charge in [0.2, 0.25) is 0 Å². The Labute approximate surface area is 149 Å². The summed E-state index contributed by atoms with van der Waals surface area (Å²) in [6, 6.07) is 7.94. The van der Waals surface area contributed by atoms with Gasteiger partial charge in [0.1, 0.15) is 0 Å². The molecule has 4 nitrogen and oxygen atoms in total. The number of benzene rings is 1. The minimum absolute atomic E-state index is 0. The molecule has 1 aromatic rings. The first-order valence-electron chi connectivity index (χ1n) is 7.07. The summed E-state index contributed by atoms with van der Waals surface area (Å²) in [6.45, 7) is 5.29. The Kier molecular flexibility index (Phi) is 8.36. The first-order chi connectivity index (χ1) is 9.69. The molecule has 1 aromatic carbocycles. The van der Waals surface area contributed by atoms with Crippen LogP contribution in [0.5, 0.6) is 0 Å². The smallest absolute Gasteiger partial charge is 0.193 e. The number of guanidine groups is 1. The third-order valence-corrected chi connectivity index (χ3v) is 3.78. The van der Waals surface area contributed by atoms with E-state index in [2.05, 4.69) is 26.2 Å². The van der Waals surface area contributed by atoms with Crippen molar-refractivity contribution in [3.63, 3.8) is 0 Å². The van der Waals surface area contributed by atoms with E-state index in [1.54, 1.807) is 0 Å². The maximum atomic E-state index is 6.01. The number of hydrogen-bond donors (Lipinski definition) is 1. The van der Waals surface area contributed by atoms with Gasteiger partial charge < -0.3 is 15.1 Å². The van der Waals surface area contributed by atoms with Crippen LogP contribution in [0.2, 0.25) is 5.02 Å². The lowest BCUT2D eigenvalue weighted by Crippen LogP contribution is -2.45. The van der Waals surface area contributed by atoms with Gasteiger partial charge in [-0.15, -0.1) is 24.0 Å². The monoisotopic (exact) mass is 422 g/mol. The van der Waals surface area contributed by atoms with Crippen LogP contribution in [0.3, 0.4) is 0 Å². The SMILES string of the molecule is CN=C(NCCN1CCC1)N(C)Cc1cccc(Cl)c1.I. The molecular formula is C15H24ClIN4. The van der Waals surface area contributed by atoms with Crippen LogP contribution in [-0.2, 0) is 6.54 Å². The Balaban J connectivity index is 0.00000220. The minimum atomic E-state index is 0. The Morgan fingerprint density at radius 3 is 2.76 bits per heavy atom. The lowest BCUT2D eigenvalue weighted by molar-refractivity contribution is 0.184. The molecule has 6 heteroatoms. The van der Waals surface area contributed by atoms with Gasteiger partial charge in [-0.1, -0.05) is 23.7 Å². The molecule has 0 aliphatic carbocycles. The van der Waals surface area contributed by atoms with Crippen molar-refractivity contribution in [1.82, 2.24) is 15.1 Å². The summed E-state index contributed by atoms with van der Waals surface area (Å²) in [5, 5.41) is 4.18. The van der Waals surface area contributed by atoms with E-state index in [0.29, 0.717) is 0 Å². The molecule has 0 amide bonds. The van der Waals surface area contributed by atoms with Gasteiger partial charge in [-0.05, 0) is 37.2 Å². The second-order valence-electron chi connectivity index (χ2n) is 5.16. The van der Waals surface area contributed by atoms with Gasteiger partial charge >= 0.3 is 0 Å². The van der Waals surface area contributed by atoms with E-state index in [-0.39, 0.29) is 24.0 Å². The van der Waals surface area contributed by atoms with Crippen LogP contribution in [0.1, 0.15) is 12.0 Å². The fraction of sp³-hybridized carbons (Fsp3) is 0.533. The second-order valence-corrected chi connectivity index (χ2v) is 5.59. The topological polar surface area (TPSA) is 30.9 Å². The first-order valence-corrected chi connectivity index (χ1v) is 7.45. The van der Waals surface area contributed by atoms with E-state index in [1.807, 2.05) is 32.3 Å². The minimum Gasteiger partial charge on any atom is -0.355 e. The lowest BCUT2D eigenvalue weighted by Gasteiger charge is -2.31. The molecule has 0 saturated carbocycles. The summed E-state index contributed by atoms with van der Waals surface area (Å²) < 4.78 is 0. The van der Waals surface area contributed by atoms with Crippen LogP contribution < -0.4 is 5.32 Å². The zero-order valence-corrected chi connectivity index (χ0v) is 15.8. The quantitative estimate of drug-likeness (QED) is 0.450. The average molecular weight is 423 g/mol. The number of nitrogens with one attached hydrogen (secondary N) is 1. The molecule has 1 saturated heterocycles. The van der Waals surface area contributed by atoms with Gasteiger partial charge in [0.15, 0.2) is 5.96 Å². The molecular weight excluding hydrogens is 399 g/mol. The number of nitrogens with zero attached hydrogens (tertiary/aromatic N) is 3. The van der Waals surface area contributed by atoms with Crippen LogP contribution in [0.4, 0.5) is 0 Å². The Hall–Kier alpha value is -0.530. The van der Waals surface area contributed by atoms with Crippen molar-refractivity contribution in [2.75, 3.05) is 40.3 Å². The number of likely N-dealkylation sites (tertiary alicyclic amines) is 1. The molecule has 0 bridgehead atoms. The Morgan fingerprint density at radius 2 is 2.19 bits per heavy atom. The molecule has 0 aromatic heterocycles. The summed E-state index contributed by atoms with van der Waals surface area (Å²) >= 11 is 6.01. The van der Waals surface area contributed by atoms with E-state index in [1.165, 1.54) is 25.1 Å². The molecule has 0 radical (unpaired) electrons. The van der Waals surface area contributed by atoms with Crippen molar-refractivity contribution in [2.24, 2.45) is 4.99 Å². The third-order valence-electron chi connectivity index (χ3n) is 3.54. The molecule has 0 unspecified atom stereocenters. The number of hydrogen-bond acceptors (Lipinski definition) is 2. The van der Waals surface area contributed by atoms with E-state index >= 15 is 0 Å². The van der Waals surface area contributed by atoms with Gasteiger partial charge in [0.25, 0.3) is 0 Å². The standard InChI is InChI=1S/C15H23ClN4.HI/c1-17-15(18-7-10-20-8-4-9-20)19(2)12-13-5-3-6-14(16)11-13;/h3,5-6,11H,4,7-10,12H2,1-2H3,(H,17,18);1H. The average Bonchev–Trinajstić information content (AvgIpc) is 2.36. The number of aliphatic imine (C=N–C) groups is 1. The highest BCUT2D eigenvalue weighted by atomic mass is 127.